The zero-order valence-corrected chi connectivity index (χ0v) is 6.15. The molecule has 3 N–H and O–H groups in total. The number of aliphatic carboxylic acids is 1. The van der Waals surface area contributed by atoms with Crippen molar-refractivity contribution in [3.05, 3.63) is 0 Å². The molecule has 0 rings (SSSR count). The van der Waals surface area contributed by atoms with Gasteiger partial charge in [0.2, 0.25) is 0 Å². The molecule has 54 valence electrons. The molecule has 0 aliphatic rings. The maximum atomic E-state index is 10.2. The van der Waals surface area contributed by atoms with E-state index in [9.17, 15) is 4.79 Å². The summed E-state index contributed by atoms with van der Waals surface area (Å²) in [5.41, 5.74) is 5.17. The van der Waals surface area contributed by atoms with Gasteiger partial charge in [-0.3, -0.25) is 4.79 Å². The Morgan fingerprint density at radius 2 is 2.44 bits per heavy atom. The molecule has 0 heterocycles. The van der Waals surface area contributed by atoms with Crippen molar-refractivity contribution in [2.75, 3.05) is 12.8 Å². The molecule has 1 atom stereocenters. The fourth-order valence-electron chi connectivity index (χ4n) is 0.494. The highest BCUT2D eigenvalue weighted by Crippen LogP contribution is 2.09. The molecule has 0 bridgehead atoms. The zero-order chi connectivity index (χ0) is 7.28. The van der Waals surface area contributed by atoms with Gasteiger partial charge < -0.3 is 10.8 Å². The Hall–Kier alpha value is -0.220. The molecular weight excluding hydrogens is 138 g/mol. The first-order valence-electron chi connectivity index (χ1n) is 2.68. The highest BCUT2D eigenvalue weighted by atomic mass is 32.2. The second-order valence-electron chi connectivity index (χ2n) is 1.64. The third-order valence-electron chi connectivity index (χ3n) is 0.989. The first-order chi connectivity index (χ1) is 4.22. The number of thioether (sulfide) groups is 1. The molecule has 0 aromatic rings. The predicted octanol–water partition coefficient (Wildman–Crippen LogP) is 0.151. The number of nitrogens with two attached hydrogens (primary N) is 1. The molecule has 3 nitrogen and oxygen atoms in total. The van der Waals surface area contributed by atoms with E-state index in [4.69, 9.17) is 10.8 Å². The average molecular weight is 149 g/mol. The molecule has 0 aromatic carbocycles. The molecule has 0 saturated carbocycles. The fraction of sp³-hybridized carbons (Fsp3) is 0.800. The summed E-state index contributed by atoms with van der Waals surface area (Å²) in [6.07, 6.45) is 2.32. The van der Waals surface area contributed by atoms with Gasteiger partial charge in [0.1, 0.15) is 5.25 Å². The summed E-state index contributed by atoms with van der Waals surface area (Å²) < 4.78 is 0. The van der Waals surface area contributed by atoms with Crippen LogP contribution in [0.2, 0.25) is 0 Å². The summed E-state index contributed by atoms with van der Waals surface area (Å²) >= 11 is 1.32. The lowest BCUT2D eigenvalue weighted by atomic mass is 10.3. The molecule has 1 unspecified atom stereocenters. The second kappa shape index (κ2) is 4.64. The van der Waals surface area contributed by atoms with Crippen molar-refractivity contribution < 1.29 is 9.90 Å². The molecule has 0 aromatic heterocycles. The van der Waals surface area contributed by atoms with Gasteiger partial charge in [0, 0.05) is 0 Å². The molecular formula is C5H11NO2S. The maximum absolute atomic E-state index is 10.2. The quantitative estimate of drug-likeness (QED) is 0.597. The van der Waals surface area contributed by atoms with Crippen LogP contribution in [-0.2, 0) is 4.79 Å². The van der Waals surface area contributed by atoms with E-state index in [1.54, 1.807) is 6.26 Å². The Morgan fingerprint density at radius 3 is 2.56 bits per heavy atom. The van der Waals surface area contributed by atoms with Crippen molar-refractivity contribution in [1.82, 2.24) is 0 Å². The van der Waals surface area contributed by atoms with Gasteiger partial charge in [0.15, 0.2) is 0 Å². The number of carboxylic acid groups (broad SMARTS) is 1. The summed E-state index contributed by atoms with van der Waals surface area (Å²) in [4.78, 5) is 10.2. The minimum atomic E-state index is -0.770. The standard InChI is InChI=1S/C5H11NO2S/c1-9-4(2-3-6)5(7)8/h4H,2-3,6H2,1H3,(H,7,8). The minimum Gasteiger partial charge on any atom is -0.480 e. The van der Waals surface area contributed by atoms with Crippen LogP contribution >= 0.6 is 11.8 Å². The summed E-state index contributed by atoms with van der Waals surface area (Å²) in [6.45, 7) is 0.442. The van der Waals surface area contributed by atoms with Crippen LogP contribution in [0.1, 0.15) is 6.42 Å². The Bertz CT molecular complexity index is 97.0. The van der Waals surface area contributed by atoms with E-state index >= 15 is 0 Å². The Morgan fingerprint density at radius 1 is 1.89 bits per heavy atom. The highest BCUT2D eigenvalue weighted by molar-refractivity contribution is 7.99. The summed E-state index contributed by atoms with van der Waals surface area (Å²) in [7, 11) is 0. The van der Waals surface area contributed by atoms with E-state index in [1.807, 2.05) is 0 Å². The highest BCUT2D eigenvalue weighted by Gasteiger charge is 2.13. The third-order valence-corrected chi connectivity index (χ3v) is 2.00. The second-order valence-corrected chi connectivity index (χ2v) is 2.68. The molecule has 4 heteroatoms. The SMILES string of the molecule is CSC(CCN)C(=O)O. The summed E-state index contributed by atoms with van der Waals surface area (Å²) in [5.74, 6) is -0.770. The van der Waals surface area contributed by atoms with Crippen molar-refractivity contribution in [2.24, 2.45) is 5.73 Å². The number of carboxylic acids is 1. The lowest BCUT2D eigenvalue weighted by Gasteiger charge is -2.05. The first-order valence-corrected chi connectivity index (χ1v) is 3.96. The van der Waals surface area contributed by atoms with E-state index < -0.39 is 5.97 Å². The lowest BCUT2D eigenvalue weighted by molar-refractivity contribution is -0.136. The molecule has 0 aliphatic carbocycles. The van der Waals surface area contributed by atoms with Gasteiger partial charge in [-0.2, -0.15) is 11.8 Å². The third kappa shape index (κ3) is 3.37. The zero-order valence-electron chi connectivity index (χ0n) is 5.33. The van der Waals surface area contributed by atoms with Crippen LogP contribution in [0.3, 0.4) is 0 Å². The van der Waals surface area contributed by atoms with E-state index in [2.05, 4.69) is 0 Å². The molecule has 9 heavy (non-hydrogen) atoms. The lowest BCUT2D eigenvalue weighted by Crippen LogP contribution is -2.19. The van der Waals surface area contributed by atoms with Crippen LogP contribution < -0.4 is 5.73 Å². The van der Waals surface area contributed by atoms with Crippen molar-refractivity contribution in [2.45, 2.75) is 11.7 Å². The molecule has 0 radical (unpaired) electrons. The summed E-state index contributed by atoms with van der Waals surface area (Å²) in [5, 5.41) is 8.10. The Labute approximate surface area is 58.6 Å². The monoisotopic (exact) mass is 149 g/mol. The van der Waals surface area contributed by atoms with Crippen LogP contribution in [0.15, 0.2) is 0 Å². The Kier molecular flexibility index (Phi) is 4.53. The number of rotatable bonds is 4. The normalized spacial score (nSPS) is 13.1. The van der Waals surface area contributed by atoms with Gasteiger partial charge in [-0.1, -0.05) is 0 Å². The van der Waals surface area contributed by atoms with Crippen molar-refractivity contribution in [1.29, 1.82) is 0 Å². The van der Waals surface area contributed by atoms with Crippen LogP contribution in [0.25, 0.3) is 0 Å². The predicted molar refractivity (Wildman–Crippen MR) is 38.6 cm³/mol. The average Bonchev–Trinajstić information content (AvgIpc) is 1.82. The van der Waals surface area contributed by atoms with E-state index in [0.29, 0.717) is 13.0 Å². The van der Waals surface area contributed by atoms with E-state index in [-0.39, 0.29) is 5.25 Å². The van der Waals surface area contributed by atoms with Gasteiger partial charge in [0.25, 0.3) is 0 Å². The van der Waals surface area contributed by atoms with Gasteiger partial charge in [-0.05, 0) is 19.2 Å². The van der Waals surface area contributed by atoms with Gasteiger partial charge >= 0.3 is 5.97 Å². The fourth-order valence-corrected chi connectivity index (χ4v) is 1.07. The molecule has 0 fully saturated rings. The van der Waals surface area contributed by atoms with Crippen LogP contribution in [0.4, 0.5) is 0 Å². The van der Waals surface area contributed by atoms with Crippen LogP contribution in [0, 0.1) is 0 Å². The first kappa shape index (κ1) is 8.78. The van der Waals surface area contributed by atoms with E-state index in [0.717, 1.165) is 0 Å². The number of hydrogen-bond acceptors (Lipinski definition) is 3. The van der Waals surface area contributed by atoms with Crippen molar-refractivity contribution in [3.63, 3.8) is 0 Å². The molecule has 0 aliphatic heterocycles. The van der Waals surface area contributed by atoms with Crippen molar-refractivity contribution >= 4 is 17.7 Å². The topological polar surface area (TPSA) is 63.3 Å². The van der Waals surface area contributed by atoms with Gasteiger partial charge in [0.05, 0.1) is 0 Å². The number of carbonyl (C=O) groups is 1. The summed E-state index contributed by atoms with van der Waals surface area (Å²) in [6, 6.07) is 0. The maximum Gasteiger partial charge on any atom is 0.316 e. The molecule has 0 saturated heterocycles. The smallest absolute Gasteiger partial charge is 0.316 e. The largest absolute Gasteiger partial charge is 0.480 e. The van der Waals surface area contributed by atoms with E-state index in [1.165, 1.54) is 11.8 Å². The minimum absolute atomic E-state index is 0.324. The van der Waals surface area contributed by atoms with Crippen molar-refractivity contribution in [3.8, 4) is 0 Å². The molecule has 0 spiro atoms. The Balaban J connectivity index is 3.54. The van der Waals surface area contributed by atoms with Gasteiger partial charge in [-0.25, -0.2) is 0 Å². The number of hydrogen-bond donors (Lipinski definition) is 2. The molecule has 0 amide bonds. The van der Waals surface area contributed by atoms with Crippen LogP contribution in [-0.4, -0.2) is 29.1 Å². The van der Waals surface area contributed by atoms with Crippen LogP contribution in [0.5, 0.6) is 0 Å². The van der Waals surface area contributed by atoms with Gasteiger partial charge in [-0.15, -0.1) is 0 Å².